The Morgan fingerprint density at radius 2 is 1.50 bits per heavy atom. The molecular weight excluding hydrogens is 218 g/mol. The Labute approximate surface area is 110 Å². The summed E-state index contributed by atoms with van der Waals surface area (Å²) in [5.41, 5.74) is 4.08. The molecule has 0 saturated heterocycles. The predicted octanol–water partition coefficient (Wildman–Crippen LogP) is 4.10. The van der Waals surface area contributed by atoms with Gasteiger partial charge in [-0.05, 0) is 30.0 Å². The van der Waals surface area contributed by atoms with Crippen molar-refractivity contribution < 1.29 is 0 Å². The van der Waals surface area contributed by atoms with Crippen LogP contribution in [0.2, 0.25) is 0 Å². The van der Waals surface area contributed by atoms with Crippen LogP contribution in [-0.4, -0.2) is 0 Å². The highest BCUT2D eigenvalue weighted by atomic mass is 14.9. The molecule has 0 heterocycles. The third-order valence-corrected chi connectivity index (χ3v) is 3.34. The second kappa shape index (κ2) is 6.36. The van der Waals surface area contributed by atoms with Crippen molar-refractivity contribution in [3.8, 4) is 0 Å². The number of aryl methyl sites for hydroxylation is 1. The summed E-state index contributed by atoms with van der Waals surface area (Å²) >= 11 is 0. The molecule has 1 atom stereocenters. The highest BCUT2D eigenvalue weighted by molar-refractivity contribution is 5.23. The molecular formula is C17H21N. The zero-order chi connectivity index (χ0) is 12.8. The molecule has 0 radical (unpaired) electrons. The van der Waals surface area contributed by atoms with Gasteiger partial charge in [0.15, 0.2) is 0 Å². The van der Waals surface area contributed by atoms with E-state index in [4.69, 9.17) is 0 Å². The minimum atomic E-state index is 0.386. The second-order valence-corrected chi connectivity index (χ2v) is 4.68. The molecule has 2 aromatic carbocycles. The van der Waals surface area contributed by atoms with Crippen molar-refractivity contribution in [2.45, 2.75) is 32.9 Å². The van der Waals surface area contributed by atoms with E-state index in [-0.39, 0.29) is 0 Å². The zero-order valence-electron chi connectivity index (χ0n) is 11.2. The summed E-state index contributed by atoms with van der Waals surface area (Å²) in [7, 11) is 0. The van der Waals surface area contributed by atoms with Gasteiger partial charge < -0.3 is 5.32 Å². The molecule has 1 nitrogen and oxygen atoms in total. The van der Waals surface area contributed by atoms with Crippen LogP contribution >= 0.6 is 0 Å². The molecule has 2 rings (SSSR count). The summed E-state index contributed by atoms with van der Waals surface area (Å²) < 4.78 is 0. The van der Waals surface area contributed by atoms with E-state index in [1.54, 1.807) is 0 Å². The number of hydrogen-bond acceptors (Lipinski definition) is 1. The van der Waals surface area contributed by atoms with Crippen LogP contribution in [0.25, 0.3) is 0 Å². The van der Waals surface area contributed by atoms with Crippen LogP contribution in [-0.2, 0) is 13.0 Å². The smallest absolute Gasteiger partial charge is 0.0294 e. The number of nitrogens with one attached hydrogen (secondary N) is 1. The maximum Gasteiger partial charge on any atom is 0.0294 e. The Morgan fingerprint density at radius 3 is 2.11 bits per heavy atom. The van der Waals surface area contributed by atoms with Crippen molar-refractivity contribution >= 4 is 0 Å². The van der Waals surface area contributed by atoms with E-state index in [2.05, 4.69) is 73.8 Å². The van der Waals surface area contributed by atoms with Crippen LogP contribution in [0.1, 0.15) is 36.6 Å². The van der Waals surface area contributed by atoms with E-state index in [1.165, 1.54) is 16.7 Å². The Balaban J connectivity index is 1.91. The van der Waals surface area contributed by atoms with Crippen LogP contribution in [0.5, 0.6) is 0 Å². The van der Waals surface area contributed by atoms with Gasteiger partial charge in [-0.25, -0.2) is 0 Å². The predicted molar refractivity (Wildman–Crippen MR) is 77.5 cm³/mol. The molecule has 94 valence electrons. The van der Waals surface area contributed by atoms with Crippen molar-refractivity contribution in [3.05, 3.63) is 71.3 Å². The topological polar surface area (TPSA) is 12.0 Å². The Bertz CT molecular complexity index is 459. The van der Waals surface area contributed by atoms with Gasteiger partial charge in [0.1, 0.15) is 0 Å². The van der Waals surface area contributed by atoms with Crippen molar-refractivity contribution in [2.75, 3.05) is 0 Å². The summed E-state index contributed by atoms with van der Waals surface area (Å²) in [6.45, 7) is 5.31. The summed E-state index contributed by atoms with van der Waals surface area (Å²) in [5.74, 6) is 0. The van der Waals surface area contributed by atoms with Crippen molar-refractivity contribution in [3.63, 3.8) is 0 Å². The van der Waals surface area contributed by atoms with Gasteiger partial charge in [0.2, 0.25) is 0 Å². The Kier molecular flexibility index (Phi) is 4.54. The molecule has 0 aliphatic rings. The van der Waals surface area contributed by atoms with Crippen LogP contribution in [0.4, 0.5) is 0 Å². The average molecular weight is 239 g/mol. The largest absolute Gasteiger partial charge is 0.306 e. The van der Waals surface area contributed by atoms with Crippen molar-refractivity contribution in [1.82, 2.24) is 5.32 Å². The molecule has 0 aliphatic carbocycles. The maximum atomic E-state index is 3.55. The molecule has 0 spiro atoms. The third kappa shape index (κ3) is 3.44. The number of hydrogen-bond donors (Lipinski definition) is 1. The highest BCUT2D eigenvalue weighted by Crippen LogP contribution is 2.12. The zero-order valence-corrected chi connectivity index (χ0v) is 11.2. The first-order chi connectivity index (χ1) is 8.79. The molecule has 1 heteroatoms. The fraction of sp³-hybridized carbons (Fsp3) is 0.294. The van der Waals surface area contributed by atoms with Crippen LogP contribution in [0.15, 0.2) is 54.6 Å². The lowest BCUT2D eigenvalue weighted by Gasteiger charge is -2.14. The molecule has 0 aromatic heterocycles. The van der Waals surface area contributed by atoms with Gasteiger partial charge in [-0.3, -0.25) is 0 Å². The number of benzene rings is 2. The van der Waals surface area contributed by atoms with Gasteiger partial charge in [-0.1, -0.05) is 61.5 Å². The fourth-order valence-corrected chi connectivity index (χ4v) is 2.02. The minimum Gasteiger partial charge on any atom is -0.306 e. The van der Waals surface area contributed by atoms with Gasteiger partial charge in [-0.15, -0.1) is 0 Å². The van der Waals surface area contributed by atoms with Crippen LogP contribution in [0, 0.1) is 0 Å². The molecule has 0 saturated carbocycles. The molecule has 1 N–H and O–H groups in total. The summed E-state index contributed by atoms with van der Waals surface area (Å²) in [5, 5.41) is 3.55. The first-order valence-electron chi connectivity index (χ1n) is 6.65. The van der Waals surface area contributed by atoms with Crippen molar-refractivity contribution in [1.29, 1.82) is 0 Å². The van der Waals surface area contributed by atoms with Crippen LogP contribution in [0.3, 0.4) is 0 Å². The summed E-state index contributed by atoms with van der Waals surface area (Å²) in [4.78, 5) is 0. The number of rotatable bonds is 5. The second-order valence-electron chi connectivity index (χ2n) is 4.68. The molecule has 18 heavy (non-hydrogen) atoms. The van der Waals surface area contributed by atoms with E-state index in [0.717, 1.165) is 13.0 Å². The average Bonchev–Trinajstić information content (AvgIpc) is 2.46. The Hall–Kier alpha value is -1.60. The quantitative estimate of drug-likeness (QED) is 0.828. The molecule has 0 aliphatic heterocycles. The van der Waals surface area contributed by atoms with Gasteiger partial charge >= 0.3 is 0 Å². The Morgan fingerprint density at radius 1 is 0.889 bits per heavy atom. The van der Waals surface area contributed by atoms with Gasteiger partial charge in [0, 0.05) is 12.6 Å². The summed E-state index contributed by atoms with van der Waals surface area (Å²) in [6, 6.07) is 19.8. The lowest BCUT2D eigenvalue weighted by Crippen LogP contribution is -2.17. The summed E-state index contributed by atoms with van der Waals surface area (Å²) in [6.07, 6.45) is 1.11. The minimum absolute atomic E-state index is 0.386. The molecule has 0 amide bonds. The lowest BCUT2D eigenvalue weighted by molar-refractivity contribution is 0.574. The normalized spacial score (nSPS) is 12.3. The molecule has 1 unspecified atom stereocenters. The molecule has 0 fully saturated rings. The standard InChI is InChI=1S/C17H21N/c1-3-15-9-11-16(12-10-15)13-18-14(2)17-7-5-4-6-8-17/h4-12,14,18H,3,13H2,1-2H3. The van der Waals surface area contributed by atoms with Crippen LogP contribution < -0.4 is 5.32 Å². The van der Waals surface area contributed by atoms with Gasteiger partial charge in [0.25, 0.3) is 0 Å². The first-order valence-corrected chi connectivity index (χ1v) is 6.65. The molecule has 0 bridgehead atoms. The van der Waals surface area contributed by atoms with Gasteiger partial charge in [0.05, 0.1) is 0 Å². The SMILES string of the molecule is CCc1ccc(CNC(C)c2ccccc2)cc1. The van der Waals surface area contributed by atoms with E-state index in [9.17, 15) is 0 Å². The van der Waals surface area contributed by atoms with E-state index < -0.39 is 0 Å². The first kappa shape index (κ1) is 12.8. The highest BCUT2D eigenvalue weighted by Gasteiger charge is 2.03. The van der Waals surface area contributed by atoms with E-state index in [0.29, 0.717) is 6.04 Å². The van der Waals surface area contributed by atoms with E-state index >= 15 is 0 Å². The third-order valence-electron chi connectivity index (χ3n) is 3.34. The maximum absolute atomic E-state index is 3.55. The fourth-order valence-electron chi connectivity index (χ4n) is 2.02. The van der Waals surface area contributed by atoms with E-state index in [1.807, 2.05) is 0 Å². The van der Waals surface area contributed by atoms with Gasteiger partial charge in [-0.2, -0.15) is 0 Å². The molecule has 2 aromatic rings. The van der Waals surface area contributed by atoms with Crippen molar-refractivity contribution in [2.24, 2.45) is 0 Å². The lowest BCUT2D eigenvalue weighted by atomic mass is 10.1. The monoisotopic (exact) mass is 239 g/mol.